The average Bonchev–Trinajstić information content (AvgIpc) is 2.19. The van der Waals surface area contributed by atoms with Crippen LogP contribution in [0, 0.1) is 0 Å². The van der Waals surface area contributed by atoms with Crippen molar-refractivity contribution in [2.45, 2.75) is 10.9 Å². The Kier molecular flexibility index (Phi) is 2.80. The molecule has 5 heteroatoms. The van der Waals surface area contributed by atoms with Crippen LogP contribution in [0.2, 0.25) is 5.02 Å². The first kappa shape index (κ1) is 10.6. The quantitative estimate of drug-likeness (QED) is 0.822. The summed E-state index contributed by atoms with van der Waals surface area (Å²) in [7, 11) is 1.79. The first-order valence-electron chi connectivity index (χ1n) is 4.47. The van der Waals surface area contributed by atoms with Crippen molar-refractivity contribution in [3.8, 4) is 0 Å². The van der Waals surface area contributed by atoms with Gasteiger partial charge in [0.2, 0.25) is 0 Å². The Morgan fingerprint density at radius 1 is 1.67 bits per heavy atom. The molecule has 0 aromatic heterocycles. The number of benzene rings is 1. The number of aliphatic carboxylic acids is 1. The summed E-state index contributed by atoms with van der Waals surface area (Å²) < 4.78 is 0. The number of fused-ring (bicyclic) bond motifs is 1. The van der Waals surface area contributed by atoms with Crippen LogP contribution in [0.25, 0.3) is 0 Å². The Bertz CT molecular complexity index is 410. The van der Waals surface area contributed by atoms with E-state index in [9.17, 15) is 4.79 Å². The van der Waals surface area contributed by atoms with Crippen LogP contribution in [0.1, 0.15) is 0 Å². The van der Waals surface area contributed by atoms with Gasteiger partial charge in [0.15, 0.2) is 0 Å². The van der Waals surface area contributed by atoms with E-state index in [1.807, 2.05) is 12.1 Å². The Morgan fingerprint density at radius 3 is 3.07 bits per heavy atom. The third kappa shape index (κ3) is 1.92. The first-order valence-corrected chi connectivity index (χ1v) is 5.84. The molecule has 0 spiro atoms. The van der Waals surface area contributed by atoms with Crippen molar-refractivity contribution >= 4 is 35.0 Å². The van der Waals surface area contributed by atoms with E-state index in [0.717, 1.165) is 10.6 Å². The molecule has 1 aromatic rings. The predicted octanol–water partition coefficient (Wildman–Crippen LogP) is 2.34. The van der Waals surface area contributed by atoms with Gasteiger partial charge in [0.05, 0.1) is 5.69 Å². The largest absolute Gasteiger partial charge is 0.480 e. The Hall–Kier alpha value is -0.870. The van der Waals surface area contributed by atoms with Gasteiger partial charge in [-0.3, -0.25) is 0 Å². The molecule has 0 bridgehead atoms. The van der Waals surface area contributed by atoms with Gasteiger partial charge in [0.25, 0.3) is 0 Å². The van der Waals surface area contributed by atoms with Crippen molar-refractivity contribution in [1.82, 2.24) is 0 Å². The molecule has 3 nitrogen and oxygen atoms in total. The van der Waals surface area contributed by atoms with Gasteiger partial charge in [-0.25, -0.2) is 4.79 Å². The number of anilines is 1. The number of hydrogen-bond donors (Lipinski definition) is 1. The predicted molar refractivity (Wildman–Crippen MR) is 62.0 cm³/mol. The number of carbonyl (C=O) groups is 1. The minimum Gasteiger partial charge on any atom is -0.480 e. The number of carboxylic acid groups (broad SMARTS) is 1. The summed E-state index contributed by atoms with van der Waals surface area (Å²) >= 11 is 7.44. The summed E-state index contributed by atoms with van der Waals surface area (Å²) in [6.45, 7) is 0. The van der Waals surface area contributed by atoms with Crippen molar-refractivity contribution < 1.29 is 9.90 Å². The monoisotopic (exact) mass is 243 g/mol. The van der Waals surface area contributed by atoms with Gasteiger partial charge in [-0.1, -0.05) is 11.6 Å². The Balaban J connectivity index is 2.40. The van der Waals surface area contributed by atoms with E-state index >= 15 is 0 Å². The summed E-state index contributed by atoms with van der Waals surface area (Å²) in [4.78, 5) is 13.8. The van der Waals surface area contributed by atoms with Crippen molar-refractivity contribution in [3.63, 3.8) is 0 Å². The molecule has 0 saturated heterocycles. The lowest BCUT2D eigenvalue weighted by molar-refractivity contribution is -0.138. The minimum absolute atomic E-state index is 0.471. The molecule has 0 aliphatic carbocycles. The first-order chi connectivity index (χ1) is 7.09. The van der Waals surface area contributed by atoms with Crippen molar-refractivity contribution in [2.24, 2.45) is 0 Å². The molecule has 1 aliphatic heterocycles. The number of likely N-dealkylation sites (N-methyl/N-ethyl adjacent to an activating group) is 1. The molecule has 1 heterocycles. The van der Waals surface area contributed by atoms with Gasteiger partial charge in [0, 0.05) is 22.7 Å². The van der Waals surface area contributed by atoms with Crippen LogP contribution in [-0.4, -0.2) is 29.9 Å². The number of hydrogen-bond acceptors (Lipinski definition) is 3. The second-order valence-electron chi connectivity index (χ2n) is 3.39. The van der Waals surface area contributed by atoms with Crippen molar-refractivity contribution in [3.05, 3.63) is 23.2 Å². The molecule has 2 rings (SSSR count). The highest BCUT2D eigenvalue weighted by Gasteiger charge is 2.29. The third-order valence-electron chi connectivity index (χ3n) is 2.45. The van der Waals surface area contributed by atoms with Crippen LogP contribution >= 0.6 is 23.4 Å². The van der Waals surface area contributed by atoms with Crippen LogP contribution in [0.5, 0.6) is 0 Å². The van der Waals surface area contributed by atoms with E-state index in [-0.39, 0.29) is 0 Å². The van der Waals surface area contributed by atoms with Crippen LogP contribution in [-0.2, 0) is 4.79 Å². The van der Waals surface area contributed by atoms with Crippen LogP contribution in [0.15, 0.2) is 23.1 Å². The Morgan fingerprint density at radius 2 is 2.40 bits per heavy atom. The van der Waals surface area contributed by atoms with Gasteiger partial charge in [-0.15, -0.1) is 11.8 Å². The zero-order valence-electron chi connectivity index (χ0n) is 8.11. The number of halogens is 1. The molecular weight excluding hydrogens is 234 g/mol. The second kappa shape index (κ2) is 3.94. The highest BCUT2D eigenvalue weighted by atomic mass is 35.5. The molecule has 80 valence electrons. The van der Waals surface area contributed by atoms with Gasteiger partial charge in [-0.05, 0) is 18.2 Å². The standard InChI is InChI=1S/C10H10ClNO2S/c1-12-7-4-6(11)2-3-9(7)15-5-8(12)10(13)14/h2-4,8H,5H2,1H3,(H,13,14). The zero-order chi connectivity index (χ0) is 11.0. The molecule has 1 aliphatic rings. The van der Waals surface area contributed by atoms with Crippen LogP contribution < -0.4 is 4.90 Å². The summed E-state index contributed by atoms with van der Waals surface area (Å²) in [5.41, 5.74) is 0.895. The van der Waals surface area contributed by atoms with E-state index in [0.29, 0.717) is 10.8 Å². The number of nitrogens with zero attached hydrogens (tertiary/aromatic N) is 1. The molecule has 1 unspecified atom stereocenters. The molecule has 0 amide bonds. The molecule has 0 saturated carbocycles. The second-order valence-corrected chi connectivity index (χ2v) is 4.89. The molecular formula is C10H10ClNO2S. The van der Waals surface area contributed by atoms with Crippen LogP contribution in [0.4, 0.5) is 5.69 Å². The summed E-state index contributed by atoms with van der Waals surface area (Å²) in [5.74, 6) is -0.226. The third-order valence-corrected chi connectivity index (χ3v) is 3.82. The SMILES string of the molecule is CN1c2cc(Cl)ccc2SCC1C(=O)O. The maximum atomic E-state index is 11.0. The summed E-state index contributed by atoms with van der Waals surface area (Å²) in [5, 5.41) is 9.65. The summed E-state index contributed by atoms with van der Waals surface area (Å²) in [6.07, 6.45) is 0. The molecule has 15 heavy (non-hydrogen) atoms. The number of carboxylic acids is 1. The fourth-order valence-corrected chi connectivity index (χ4v) is 2.96. The van der Waals surface area contributed by atoms with Gasteiger partial charge >= 0.3 is 5.97 Å². The highest BCUT2D eigenvalue weighted by molar-refractivity contribution is 7.99. The van der Waals surface area contributed by atoms with Gasteiger partial charge in [0.1, 0.15) is 6.04 Å². The maximum absolute atomic E-state index is 11.0. The highest BCUT2D eigenvalue weighted by Crippen LogP contribution is 2.38. The fraction of sp³-hybridized carbons (Fsp3) is 0.300. The molecule has 1 N–H and O–H groups in total. The number of rotatable bonds is 1. The number of thioether (sulfide) groups is 1. The maximum Gasteiger partial charge on any atom is 0.327 e. The Labute approximate surface area is 97.0 Å². The smallest absolute Gasteiger partial charge is 0.327 e. The van der Waals surface area contributed by atoms with Crippen LogP contribution in [0.3, 0.4) is 0 Å². The van der Waals surface area contributed by atoms with Gasteiger partial charge < -0.3 is 10.0 Å². The molecule has 0 fully saturated rings. The van der Waals surface area contributed by atoms with Crippen molar-refractivity contribution in [1.29, 1.82) is 0 Å². The van der Waals surface area contributed by atoms with E-state index < -0.39 is 12.0 Å². The lowest BCUT2D eigenvalue weighted by Gasteiger charge is -2.32. The fourth-order valence-electron chi connectivity index (χ4n) is 1.57. The van der Waals surface area contributed by atoms with Crippen molar-refractivity contribution in [2.75, 3.05) is 17.7 Å². The molecule has 1 aromatic carbocycles. The molecule has 0 radical (unpaired) electrons. The van der Waals surface area contributed by atoms with E-state index in [4.69, 9.17) is 16.7 Å². The normalized spacial score (nSPS) is 19.9. The lowest BCUT2D eigenvalue weighted by Crippen LogP contribution is -2.42. The average molecular weight is 244 g/mol. The summed E-state index contributed by atoms with van der Waals surface area (Å²) in [6, 6.07) is 5.08. The topological polar surface area (TPSA) is 40.5 Å². The van der Waals surface area contributed by atoms with E-state index in [1.165, 1.54) is 0 Å². The zero-order valence-corrected chi connectivity index (χ0v) is 9.68. The van der Waals surface area contributed by atoms with E-state index in [2.05, 4.69) is 0 Å². The minimum atomic E-state index is -0.796. The lowest BCUT2D eigenvalue weighted by atomic mass is 10.2. The van der Waals surface area contributed by atoms with Gasteiger partial charge in [-0.2, -0.15) is 0 Å². The molecule has 1 atom stereocenters. The van der Waals surface area contributed by atoms with E-state index in [1.54, 1.807) is 29.8 Å².